The first kappa shape index (κ1) is 16.2. The summed E-state index contributed by atoms with van der Waals surface area (Å²) in [4.78, 5) is 16.2. The van der Waals surface area contributed by atoms with Crippen molar-refractivity contribution in [2.45, 2.75) is 39.2 Å². The summed E-state index contributed by atoms with van der Waals surface area (Å²) in [5.41, 5.74) is 0.738. The third kappa shape index (κ3) is 4.42. The first-order valence-electron chi connectivity index (χ1n) is 7.35. The van der Waals surface area contributed by atoms with Crippen molar-refractivity contribution >= 4 is 5.91 Å². The predicted octanol–water partition coefficient (Wildman–Crippen LogP) is 1.79. The van der Waals surface area contributed by atoms with Crippen molar-refractivity contribution < 1.29 is 18.8 Å². The molecule has 0 spiro atoms. The second-order valence-electron chi connectivity index (χ2n) is 5.45. The highest BCUT2D eigenvalue weighted by Crippen LogP contribution is 2.16. The van der Waals surface area contributed by atoms with E-state index < -0.39 is 0 Å². The van der Waals surface area contributed by atoms with Crippen LogP contribution in [0.1, 0.15) is 32.6 Å². The normalized spacial score (nSPS) is 12.5. The highest BCUT2D eigenvalue weighted by atomic mass is 16.5. The van der Waals surface area contributed by atoms with Crippen LogP contribution in [0.25, 0.3) is 11.4 Å². The molecule has 2 N–H and O–H groups in total. The minimum atomic E-state index is -0.0878. The molecule has 1 amide bonds. The minimum Gasteiger partial charge on any atom is -0.472 e. The molecule has 0 bridgehead atoms. The Morgan fingerprint density at radius 3 is 2.91 bits per heavy atom. The molecule has 22 heavy (non-hydrogen) atoms. The van der Waals surface area contributed by atoms with Crippen LogP contribution in [0.2, 0.25) is 0 Å². The number of aromatic nitrogens is 2. The van der Waals surface area contributed by atoms with E-state index in [1.54, 1.807) is 6.07 Å². The molecule has 7 nitrogen and oxygen atoms in total. The van der Waals surface area contributed by atoms with Crippen LogP contribution in [0.3, 0.4) is 0 Å². The number of aliphatic hydroxyl groups excluding tert-OH is 1. The molecule has 120 valence electrons. The number of amides is 1. The van der Waals surface area contributed by atoms with Crippen LogP contribution in [-0.2, 0) is 11.2 Å². The van der Waals surface area contributed by atoms with Gasteiger partial charge in [0.1, 0.15) is 6.26 Å². The number of rotatable bonds is 8. The molecule has 7 heteroatoms. The molecule has 0 aliphatic heterocycles. The molecule has 0 saturated heterocycles. The van der Waals surface area contributed by atoms with E-state index in [9.17, 15) is 4.79 Å². The number of aliphatic hydroxyl groups is 1. The lowest BCUT2D eigenvalue weighted by Gasteiger charge is -2.21. The topological polar surface area (TPSA) is 101 Å². The van der Waals surface area contributed by atoms with Crippen LogP contribution in [0.15, 0.2) is 27.5 Å². The average Bonchev–Trinajstić information content (AvgIpc) is 3.15. The Morgan fingerprint density at radius 2 is 2.27 bits per heavy atom. The lowest BCUT2D eigenvalue weighted by atomic mass is 10.0. The lowest BCUT2D eigenvalue weighted by Crippen LogP contribution is -2.39. The van der Waals surface area contributed by atoms with Gasteiger partial charge in [-0.15, -0.1) is 0 Å². The van der Waals surface area contributed by atoms with Crippen molar-refractivity contribution in [1.82, 2.24) is 15.5 Å². The van der Waals surface area contributed by atoms with Crippen molar-refractivity contribution in [2.75, 3.05) is 6.61 Å². The van der Waals surface area contributed by atoms with E-state index >= 15 is 0 Å². The third-order valence-corrected chi connectivity index (χ3v) is 3.40. The van der Waals surface area contributed by atoms with Crippen LogP contribution >= 0.6 is 0 Å². The molecule has 0 fully saturated rings. The summed E-state index contributed by atoms with van der Waals surface area (Å²) in [6.45, 7) is 4.08. The molecule has 0 aliphatic carbocycles. The molecule has 0 radical (unpaired) electrons. The fourth-order valence-electron chi connectivity index (χ4n) is 2.08. The number of carbonyl (C=O) groups is 1. The zero-order valence-electron chi connectivity index (χ0n) is 12.8. The number of carbonyl (C=O) groups excluding carboxylic acids is 1. The molecule has 0 aromatic carbocycles. The zero-order valence-corrected chi connectivity index (χ0v) is 12.8. The van der Waals surface area contributed by atoms with E-state index in [2.05, 4.69) is 15.5 Å². The van der Waals surface area contributed by atoms with E-state index in [-0.39, 0.29) is 30.9 Å². The summed E-state index contributed by atoms with van der Waals surface area (Å²) in [5.74, 6) is 1.04. The molecule has 2 heterocycles. The number of furan rings is 1. The summed E-state index contributed by atoms with van der Waals surface area (Å²) in [6, 6.07) is 1.71. The van der Waals surface area contributed by atoms with Gasteiger partial charge in [-0.2, -0.15) is 4.98 Å². The third-order valence-electron chi connectivity index (χ3n) is 3.40. The Bertz CT molecular complexity index is 577. The minimum absolute atomic E-state index is 0.0262. The highest BCUT2D eigenvalue weighted by molar-refractivity contribution is 5.76. The van der Waals surface area contributed by atoms with Gasteiger partial charge in [0, 0.05) is 25.5 Å². The van der Waals surface area contributed by atoms with Crippen molar-refractivity contribution in [3.8, 4) is 11.4 Å². The Hall–Kier alpha value is -2.15. The van der Waals surface area contributed by atoms with Gasteiger partial charge < -0.3 is 19.4 Å². The first-order chi connectivity index (χ1) is 10.6. The van der Waals surface area contributed by atoms with Gasteiger partial charge >= 0.3 is 0 Å². The second-order valence-corrected chi connectivity index (χ2v) is 5.45. The quantitative estimate of drug-likeness (QED) is 0.771. The van der Waals surface area contributed by atoms with Crippen LogP contribution in [0, 0.1) is 5.92 Å². The van der Waals surface area contributed by atoms with Gasteiger partial charge in [0.05, 0.1) is 11.8 Å². The first-order valence-corrected chi connectivity index (χ1v) is 7.35. The van der Waals surface area contributed by atoms with Gasteiger partial charge in [-0.05, 0) is 18.4 Å². The summed E-state index contributed by atoms with van der Waals surface area (Å²) >= 11 is 0. The Labute approximate surface area is 128 Å². The Balaban J connectivity index is 1.83. The maximum Gasteiger partial charge on any atom is 0.227 e. The van der Waals surface area contributed by atoms with Gasteiger partial charge in [-0.25, -0.2) is 0 Å². The molecule has 0 aliphatic rings. The fraction of sp³-hybridized carbons (Fsp3) is 0.533. The summed E-state index contributed by atoms with van der Waals surface area (Å²) in [6.07, 6.45) is 4.26. The van der Waals surface area contributed by atoms with E-state index in [4.69, 9.17) is 14.0 Å². The SMILES string of the molecule is CC(C)C(CCO)NC(=O)CCc1nc(-c2ccoc2)no1. The number of aryl methyl sites for hydroxylation is 1. The van der Waals surface area contributed by atoms with Crippen molar-refractivity contribution in [3.63, 3.8) is 0 Å². The Morgan fingerprint density at radius 1 is 1.45 bits per heavy atom. The van der Waals surface area contributed by atoms with Crippen LogP contribution in [0.4, 0.5) is 0 Å². The van der Waals surface area contributed by atoms with Crippen LogP contribution < -0.4 is 5.32 Å². The molecular formula is C15H21N3O4. The van der Waals surface area contributed by atoms with E-state index in [0.717, 1.165) is 5.56 Å². The molecular weight excluding hydrogens is 286 g/mol. The van der Waals surface area contributed by atoms with Gasteiger partial charge in [0.15, 0.2) is 0 Å². The molecule has 0 saturated carbocycles. The summed E-state index contributed by atoms with van der Waals surface area (Å²) < 4.78 is 10.1. The van der Waals surface area contributed by atoms with Gasteiger partial charge in [0.25, 0.3) is 0 Å². The van der Waals surface area contributed by atoms with Gasteiger partial charge in [0.2, 0.25) is 17.6 Å². The number of nitrogens with one attached hydrogen (secondary N) is 1. The van der Waals surface area contributed by atoms with Crippen LogP contribution in [0.5, 0.6) is 0 Å². The predicted molar refractivity (Wildman–Crippen MR) is 78.8 cm³/mol. The lowest BCUT2D eigenvalue weighted by molar-refractivity contribution is -0.122. The van der Waals surface area contributed by atoms with Crippen LogP contribution in [-0.4, -0.2) is 33.8 Å². The molecule has 1 unspecified atom stereocenters. The summed E-state index contributed by atoms with van der Waals surface area (Å²) in [5, 5.41) is 15.8. The Kier molecular flexibility index (Phi) is 5.71. The van der Waals surface area contributed by atoms with E-state index in [0.29, 0.717) is 24.6 Å². The standard InChI is InChI=1S/C15H21N3O4/c1-10(2)12(5-7-19)16-13(20)3-4-14-17-15(18-22-14)11-6-8-21-9-11/h6,8-10,12,19H,3-5,7H2,1-2H3,(H,16,20). The van der Waals surface area contributed by atoms with Gasteiger partial charge in [-0.1, -0.05) is 19.0 Å². The van der Waals surface area contributed by atoms with E-state index in [1.165, 1.54) is 12.5 Å². The number of nitrogens with zero attached hydrogens (tertiary/aromatic N) is 2. The zero-order chi connectivity index (χ0) is 15.9. The monoisotopic (exact) mass is 307 g/mol. The maximum absolute atomic E-state index is 11.9. The largest absolute Gasteiger partial charge is 0.472 e. The molecule has 2 aromatic heterocycles. The average molecular weight is 307 g/mol. The smallest absolute Gasteiger partial charge is 0.227 e. The summed E-state index contributed by atoms with van der Waals surface area (Å²) in [7, 11) is 0. The fourth-order valence-corrected chi connectivity index (χ4v) is 2.08. The molecule has 1 atom stereocenters. The molecule has 2 rings (SSSR count). The second kappa shape index (κ2) is 7.74. The number of hydrogen-bond acceptors (Lipinski definition) is 6. The van der Waals surface area contributed by atoms with Crippen molar-refractivity contribution in [1.29, 1.82) is 0 Å². The molecule has 2 aromatic rings. The number of hydrogen-bond donors (Lipinski definition) is 2. The van der Waals surface area contributed by atoms with Gasteiger partial charge in [-0.3, -0.25) is 4.79 Å². The van der Waals surface area contributed by atoms with Crippen molar-refractivity contribution in [2.24, 2.45) is 5.92 Å². The highest BCUT2D eigenvalue weighted by Gasteiger charge is 2.16. The van der Waals surface area contributed by atoms with E-state index in [1.807, 2.05) is 13.8 Å². The maximum atomic E-state index is 11.9. The van der Waals surface area contributed by atoms with Crippen molar-refractivity contribution in [3.05, 3.63) is 24.5 Å².